The van der Waals surface area contributed by atoms with E-state index in [1.165, 1.54) is 6.20 Å². The van der Waals surface area contributed by atoms with Crippen LogP contribution in [-0.4, -0.2) is 29.5 Å². The van der Waals surface area contributed by atoms with Gasteiger partial charge in [0.25, 0.3) is 0 Å². The van der Waals surface area contributed by atoms with Gasteiger partial charge in [0.15, 0.2) is 0 Å². The molecule has 0 aromatic heterocycles. The minimum atomic E-state index is -0.459. The normalized spacial score (nSPS) is 15.2. The SMILES string of the molecule is CC(C)N=C([B]OC(C)(C)C(C)(C)S)/C(Cl)=C\N. The molecule has 0 aliphatic carbocycles. The molecular weight excluding hydrogens is 266 g/mol. The molecule has 0 saturated carbocycles. The molecule has 1 radical (unpaired) electrons. The Morgan fingerprint density at radius 3 is 2.22 bits per heavy atom. The first-order valence-electron chi connectivity index (χ1n) is 5.90. The van der Waals surface area contributed by atoms with Crippen LogP contribution in [0, 0.1) is 0 Å². The minimum absolute atomic E-state index is 0.112. The molecule has 0 unspecified atom stereocenters. The molecule has 103 valence electrons. The van der Waals surface area contributed by atoms with E-state index < -0.39 is 5.60 Å². The van der Waals surface area contributed by atoms with Crippen molar-refractivity contribution in [2.45, 2.75) is 57.9 Å². The van der Waals surface area contributed by atoms with Crippen LogP contribution in [0.4, 0.5) is 0 Å². The summed E-state index contributed by atoms with van der Waals surface area (Å²) >= 11 is 10.5. The molecule has 0 bridgehead atoms. The van der Waals surface area contributed by atoms with E-state index in [1.54, 1.807) is 7.48 Å². The summed E-state index contributed by atoms with van der Waals surface area (Å²) in [7, 11) is 1.55. The van der Waals surface area contributed by atoms with Gasteiger partial charge in [-0.2, -0.15) is 12.6 Å². The largest absolute Gasteiger partial charge is 0.426 e. The Balaban J connectivity index is 4.85. The molecule has 0 aliphatic heterocycles. The second-order valence-electron chi connectivity index (χ2n) is 5.43. The van der Waals surface area contributed by atoms with Crippen molar-refractivity contribution in [3.05, 3.63) is 11.2 Å². The lowest BCUT2D eigenvalue weighted by Crippen LogP contribution is -2.45. The van der Waals surface area contributed by atoms with Crippen molar-refractivity contribution in [2.24, 2.45) is 10.7 Å². The molecule has 0 heterocycles. The van der Waals surface area contributed by atoms with E-state index in [-0.39, 0.29) is 10.8 Å². The number of nitrogens with two attached hydrogens (primary N) is 1. The zero-order chi connectivity index (χ0) is 14.6. The number of allylic oxidation sites excluding steroid dienone is 1. The Hall–Kier alpha value is -0.125. The summed E-state index contributed by atoms with van der Waals surface area (Å²) in [6, 6.07) is 0.112. The number of thiol groups is 1. The molecule has 3 nitrogen and oxygen atoms in total. The van der Waals surface area contributed by atoms with Crippen LogP contribution in [-0.2, 0) is 4.65 Å². The number of hydrogen-bond donors (Lipinski definition) is 2. The third-order valence-electron chi connectivity index (χ3n) is 2.73. The highest BCUT2D eigenvalue weighted by Gasteiger charge is 2.35. The van der Waals surface area contributed by atoms with E-state index >= 15 is 0 Å². The molecule has 0 atom stereocenters. The van der Waals surface area contributed by atoms with Crippen LogP contribution in [0.25, 0.3) is 0 Å². The Kier molecular flexibility index (Phi) is 6.83. The summed E-state index contributed by atoms with van der Waals surface area (Å²) in [5, 5.41) is 0.372. The predicted octanol–water partition coefficient (Wildman–Crippen LogP) is 2.96. The zero-order valence-electron chi connectivity index (χ0n) is 12.0. The van der Waals surface area contributed by atoms with Crippen molar-refractivity contribution >= 4 is 37.3 Å². The third kappa shape index (κ3) is 5.68. The van der Waals surface area contributed by atoms with Crippen molar-refractivity contribution in [1.29, 1.82) is 0 Å². The molecule has 2 N–H and O–H groups in total. The molecule has 0 aliphatic rings. The van der Waals surface area contributed by atoms with Crippen LogP contribution < -0.4 is 5.73 Å². The Labute approximate surface area is 122 Å². The van der Waals surface area contributed by atoms with Crippen LogP contribution >= 0.6 is 24.2 Å². The number of nitrogens with zero attached hydrogens (tertiary/aromatic N) is 1. The highest BCUT2D eigenvalue weighted by molar-refractivity contribution is 7.81. The highest BCUT2D eigenvalue weighted by atomic mass is 35.5. The van der Waals surface area contributed by atoms with Crippen LogP contribution in [0.5, 0.6) is 0 Å². The first-order valence-corrected chi connectivity index (χ1v) is 6.72. The fraction of sp³-hybridized carbons (Fsp3) is 0.750. The van der Waals surface area contributed by atoms with E-state index in [0.29, 0.717) is 10.6 Å². The number of rotatable bonds is 6. The molecule has 0 saturated heterocycles. The monoisotopic (exact) mass is 289 g/mol. The molecule has 0 fully saturated rings. The van der Waals surface area contributed by atoms with Gasteiger partial charge in [0.05, 0.1) is 10.6 Å². The second-order valence-corrected chi connectivity index (χ2v) is 6.95. The average Bonchev–Trinajstić information content (AvgIpc) is 2.21. The lowest BCUT2D eigenvalue weighted by Gasteiger charge is -2.38. The maximum atomic E-state index is 5.99. The Morgan fingerprint density at radius 1 is 1.39 bits per heavy atom. The lowest BCUT2D eigenvalue weighted by atomic mass is 9.85. The quantitative estimate of drug-likeness (QED) is 0.449. The minimum Gasteiger partial charge on any atom is -0.426 e. The molecule has 0 aromatic carbocycles. The number of halogens is 1. The lowest BCUT2D eigenvalue weighted by molar-refractivity contribution is 0.0862. The number of hydrogen-bond acceptors (Lipinski definition) is 4. The first-order chi connectivity index (χ1) is 8.01. The molecule has 0 aromatic rings. The molecular formula is C12H23BClN2OS. The van der Waals surface area contributed by atoms with Crippen LogP contribution in [0.1, 0.15) is 41.5 Å². The Bertz CT molecular complexity index is 335. The summed E-state index contributed by atoms with van der Waals surface area (Å²) in [6.07, 6.45) is 1.31. The highest BCUT2D eigenvalue weighted by Crippen LogP contribution is 2.30. The van der Waals surface area contributed by atoms with Gasteiger partial charge in [0.1, 0.15) is 0 Å². The average molecular weight is 290 g/mol. The van der Waals surface area contributed by atoms with Gasteiger partial charge in [-0.25, -0.2) is 0 Å². The van der Waals surface area contributed by atoms with Gasteiger partial charge in [-0.1, -0.05) is 11.6 Å². The molecule has 0 amide bonds. The van der Waals surface area contributed by atoms with Gasteiger partial charge >= 0.3 is 7.48 Å². The van der Waals surface area contributed by atoms with E-state index in [4.69, 9.17) is 22.0 Å². The Morgan fingerprint density at radius 2 is 1.89 bits per heavy atom. The van der Waals surface area contributed by atoms with E-state index in [9.17, 15) is 0 Å². The molecule has 0 spiro atoms. The van der Waals surface area contributed by atoms with E-state index in [0.717, 1.165) is 0 Å². The summed E-state index contributed by atoms with van der Waals surface area (Å²) in [4.78, 5) is 4.36. The third-order valence-corrected chi connectivity index (χ3v) is 3.58. The van der Waals surface area contributed by atoms with E-state index in [1.807, 2.05) is 41.5 Å². The smallest absolute Gasteiger partial charge is 0.353 e. The van der Waals surface area contributed by atoms with Crippen molar-refractivity contribution in [3.63, 3.8) is 0 Å². The van der Waals surface area contributed by atoms with Gasteiger partial charge < -0.3 is 10.4 Å². The summed E-state index contributed by atoms with van der Waals surface area (Å²) in [5.41, 5.74) is 5.49. The maximum Gasteiger partial charge on any atom is 0.353 e. The fourth-order valence-electron chi connectivity index (χ4n) is 0.859. The van der Waals surface area contributed by atoms with Crippen LogP contribution in [0.3, 0.4) is 0 Å². The van der Waals surface area contributed by atoms with Crippen LogP contribution in [0.2, 0.25) is 0 Å². The predicted molar refractivity (Wildman–Crippen MR) is 84.7 cm³/mol. The van der Waals surface area contributed by atoms with Gasteiger partial charge in [-0.3, -0.25) is 4.99 Å². The zero-order valence-corrected chi connectivity index (χ0v) is 13.6. The summed E-state index contributed by atoms with van der Waals surface area (Å²) in [6.45, 7) is 11.8. The fourth-order valence-corrected chi connectivity index (χ4v) is 1.01. The summed E-state index contributed by atoms with van der Waals surface area (Å²) in [5.74, 6) is 0. The number of aliphatic imine (C=N–C) groups is 1. The summed E-state index contributed by atoms with van der Waals surface area (Å²) < 4.78 is 5.47. The van der Waals surface area contributed by atoms with Crippen molar-refractivity contribution in [2.75, 3.05) is 0 Å². The molecule has 0 rings (SSSR count). The molecule has 18 heavy (non-hydrogen) atoms. The van der Waals surface area contributed by atoms with Crippen molar-refractivity contribution in [1.82, 2.24) is 0 Å². The van der Waals surface area contributed by atoms with Crippen molar-refractivity contribution < 1.29 is 4.65 Å². The van der Waals surface area contributed by atoms with Gasteiger partial charge in [0.2, 0.25) is 0 Å². The van der Waals surface area contributed by atoms with Gasteiger partial charge in [-0.15, -0.1) is 0 Å². The first kappa shape index (κ1) is 17.9. The van der Waals surface area contributed by atoms with Crippen LogP contribution in [0.15, 0.2) is 16.2 Å². The van der Waals surface area contributed by atoms with Crippen molar-refractivity contribution in [3.8, 4) is 0 Å². The second kappa shape index (κ2) is 6.87. The maximum absolute atomic E-state index is 5.99. The van der Waals surface area contributed by atoms with E-state index in [2.05, 4.69) is 17.6 Å². The standard InChI is InChI=1S/C12H23BClN2OS/c1-8(2)16-10(9(14)7-15)13-17-11(3,4)12(5,6)18/h7-8,18H,15H2,1-6H3/b9-7+,16-10?. The van der Waals surface area contributed by atoms with Gasteiger partial charge in [0, 0.05) is 22.6 Å². The van der Waals surface area contributed by atoms with Gasteiger partial charge in [-0.05, 0) is 41.5 Å². The topological polar surface area (TPSA) is 47.6 Å². The molecule has 6 heteroatoms.